The van der Waals surface area contributed by atoms with Crippen molar-refractivity contribution in [3.63, 3.8) is 0 Å². The molecule has 122 valence electrons. The lowest BCUT2D eigenvalue weighted by atomic mass is 10.1. The van der Waals surface area contributed by atoms with Gasteiger partial charge in [0.2, 0.25) is 0 Å². The normalized spacial score (nSPS) is 11.3. The Bertz CT molecular complexity index is 964. The zero-order valence-corrected chi connectivity index (χ0v) is 12.5. The first-order valence-corrected chi connectivity index (χ1v) is 6.92. The molecular formula is C17H12F2N2O3. The zero-order chi connectivity index (χ0) is 17.3. The molecule has 1 aromatic heterocycles. The third-order valence-electron chi connectivity index (χ3n) is 3.52. The van der Waals surface area contributed by atoms with E-state index >= 15 is 0 Å². The van der Waals surface area contributed by atoms with Crippen LogP contribution in [-0.2, 0) is 0 Å². The van der Waals surface area contributed by atoms with Gasteiger partial charge in [-0.3, -0.25) is 5.10 Å². The summed E-state index contributed by atoms with van der Waals surface area (Å²) in [5, 5.41) is 16.6. The van der Waals surface area contributed by atoms with Gasteiger partial charge in [-0.05, 0) is 35.9 Å². The van der Waals surface area contributed by atoms with Crippen LogP contribution < -0.4 is 4.74 Å². The highest BCUT2D eigenvalue weighted by atomic mass is 19.2. The third-order valence-corrected chi connectivity index (χ3v) is 3.52. The average Bonchev–Trinajstić information content (AvgIpc) is 2.98. The molecule has 0 radical (unpaired) electrons. The van der Waals surface area contributed by atoms with Crippen LogP contribution in [0, 0.1) is 11.6 Å². The van der Waals surface area contributed by atoms with E-state index in [-0.39, 0.29) is 11.3 Å². The molecular weight excluding hydrogens is 318 g/mol. The maximum absolute atomic E-state index is 13.2. The van der Waals surface area contributed by atoms with E-state index in [4.69, 9.17) is 4.74 Å². The fourth-order valence-electron chi connectivity index (χ4n) is 2.40. The summed E-state index contributed by atoms with van der Waals surface area (Å²) in [6, 6.07) is 6.51. The van der Waals surface area contributed by atoms with Crippen molar-refractivity contribution in [3.8, 4) is 5.75 Å². The number of benzene rings is 2. The molecule has 0 amide bonds. The molecule has 0 saturated carbocycles. The highest BCUT2D eigenvalue weighted by molar-refractivity contribution is 6.02. The molecule has 0 fully saturated rings. The summed E-state index contributed by atoms with van der Waals surface area (Å²) >= 11 is 0. The van der Waals surface area contributed by atoms with Crippen LogP contribution in [0.4, 0.5) is 8.78 Å². The number of nitrogens with zero attached hydrogens (tertiary/aromatic N) is 1. The highest BCUT2D eigenvalue weighted by Gasteiger charge is 2.17. The Labute approximate surface area is 135 Å². The first-order valence-electron chi connectivity index (χ1n) is 6.92. The smallest absolute Gasteiger partial charge is 0.339 e. The van der Waals surface area contributed by atoms with Gasteiger partial charge >= 0.3 is 5.97 Å². The van der Waals surface area contributed by atoms with Crippen LogP contribution in [0.3, 0.4) is 0 Å². The lowest BCUT2D eigenvalue weighted by Crippen LogP contribution is -2.00. The molecule has 0 bridgehead atoms. The van der Waals surface area contributed by atoms with Crippen LogP contribution in [-0.4, -0.2) is 28.4 Å². The SMILES string of the molecule is COc1c(C(=O)O)ccc2[nH]nc(C=Cc3ccc(F)c(F)c3)c12. The number of methoxy groups -OCH3 is 1. The van der Waals surface area contributed by atoms with Crippen molar-refractivity contribution >= 4 is 29.0 Å². The summed E-state index contributed by atoms with van der Waals surface area (Å²) in [5.74, 6) is -2.82. The first-order chi connectivity index (χ1) is 11.5. The number of halogens is 2. The van der Waals surface area contributed by atoms with E-state index in [0.717, 1.165) is 12.1 Å². The second kappa shape index (κ2) is 6.11. The number of hydrogen-bond donors (Lipinski definition) is 2. The molecule has 0 aliphatic rings. The van der Waals surface area contributed by atoms with Crippen LogP contribution in [0.15, 0.2) is 30.3 Å². The summed E-state index contributed by atoms with van der Waals surface area (Å²) in [7, 11) is 1.37. The Kier molecular flexibility index (Phi) is 3.99. The van der Waals surface area contributed by atoms with Gasteiger partial charge in [-0.2, -0.15) is 5.10 Å². The molecule has 0 saturated heterocycles. The van der Waals surface area contributed by atoms with Gasteiger partial charge in [0.1, 0.15) is 11.3 Å². The molecule has 0 atom stereocenters. The van der Waals surface area contributed by atoms with E-state index in [1.807, 2.05) is 0 Å². The van der Waals surface area contributed by atoms with Crippen LogP contribution in [0.1, 0.15) is 21.6 Å². The van der Waals surface area contributed by atoms with Crippen molar-refractivity contribution in [2.75, 3.05) is 7.11 Å². The minimum absolute atomic E-state index is 0.00822. The number of carboxylic acid groups (broad SMARTS) is 1. The Morgan fingerprint density at radius 3 is 2.67 bits per heavy atom. The van der Waals surface area contributed by atoms with Crippen molar-refractivity contribution < 1.29 is 23.4 Å². The second-order valence-corrected chi connectivity index (χ2v) is 4.99. The number of carbonyl (C=O) groups is 1. The van der Waals surface area contributed by atoms with Gasteiger partial charge in [-0.1, -0.05) is 12.1 Å². The number of H-pyrrole nitrogens is 1. The first kappa shape index (κ1) is 15.7. The van der Waals surface area contributed by atoms with Gasteiger partial charge in [0.05, 0.1) is 23.7 Å². The van der Waals surface area contributed by atoms with Crippen molar-refractivity contribution in [2.45, 2.75) is 0 Å². The van der Waals surface area contributed by atoms with E-state index in [0.29, 0.717) is 22.2 Å². The number of aromatic nitrogens is 2. The molecule has 7 heteroatoms. The predicted octanol–water partition coefficient (Wildman–Crippen LogP) is 3.72. The lowest BCUT2D eigenvalue weighted by molar-refractivity contribution is 0.0693. The second-order valence-electron chi connectivity index (χ2n) is 4.99. The average molecular weight is 330 g/mol. The van der Waals surface area contributed by atoms with Crippen molar-refractivity contribution in [1.82, 2.24) is 10.2 Å². The number of fused-ring (bicyclic) bond motifs is 1. The number of aromatic carboxylic acids is 1. The number of nitrogens with one attached hydrogen (secondary N) is 1. The minimum atomic E-state index is -1.12. The highest BCUT2D eigenvalue weighted by Crippen LogP contribution is 2.32. The van der Waals surface area contributed by atoms with Crippen LogP contribution in [0.5, 0.6) is 5.75 Å². The number of carboxylic acids is 1. The topological polar surface area (TPSA) is 75.2 Å². The van der Waals surface area contributed by atoms with Crippen molar-refractivity contribution in [2.24, 2.45) is 0 Å². The summed E-state index contributed by atoms with van der Waals surface area (Å²) in [5.41, 5.74) is 1.48. The van der Waals surface area contributed by atoms with Gasteiger partial charge < -0.3 is 9.84 Å². The summed E-state index contributed by atoms with van der Waals surface area (Å²) in [6.07, 6.45) is 3.12. The van der Waals surface area contributed by atoms with Crippen molar-refractivity contribution in [3.05, 3.63) is 58.8 Å². The summed E-state index contributed by atoms with van der Waals surface area (Å²) in [6.45, 7) is 0. The molecule has 0 unspecified atom stereocenters. The van der Waals surface area contributed by atoms with Crippen LogP contribution >= 0.6 is 0 Å². The van der Waals surface area contributed by atoms with E-state index in [2.05, 4.69) is 10.2 Å². The third kappa shape index (κ3) is 2.71. The van der Waals surface area contributed by atoms with E-state index in [1.165, 1.54) is 19.2 Å². The predicted molar refractivity (Wildman–Crippen MR) is 84.9 cm³/mol. The van der Waals surface area contributed by atoms with Crippen molar-refractivity contribution in [1.29, 1.82) is 0 Å². The Hall–Kier alpha value is -3.22. The number of aromatic amines is 1. The van der Waals surface area contributed by atoms with Gasteiger partial charge in [-0.25, -0.2) is 13.6 Å². The Morgan fingerprint density at radius 2 is 2.00 bits per heavy atom. The van der Waals surface area contributed by atoms with Gasteiger partial charge in [0.15, 0.2) is 11.6 Å². The Balaban J connectivity index is 2.09. The fraction of sp³-hybridized carbons (Fsp3) is 0.0588. The minimum Gasteiger partial charge on any atom is -0.495 e. The number of hydrogen-bond acceptors (Lipinski definition) is 3. The van der Waals surface area contributed by atoms with E-state index < -0.39 is 17.6 Å². The summed E-state index contributed by atoms with van der Waals surface area (Å²) < 4.78 is 31.4. The maximum atomic E-state index is 13.2. The van der Waals surface area contributed by atoms with Gasteiger partial charge in [-0.15, -0.1) is 0 Å². The molecule has 0 spiro atoms. The monoisotopic (exact) mass is 330 g/mol. The molecule has 24 heavy (non-hydrogen) atoms. The number of ether oxygens (including phenoxy) is 1. The molecule has 2 aromatic carbocycles. The van der Waals surface area contributed by atoms with Gasteiger partial charge in [0.25, 0.3) is 0 Å². The molecule has 3 rings (SSSR count). The molecule has 5 nitrogen and oxygen atoms in total. The van der Waals surface area contributed by atoms with E-state index in [1.54, 1.807) is 18.2 Å². The van der Waals surface area contributed by atoms with Crippen LogP contribution in [0.2, 0.25) is 0 Å². The fourth-order valence-corrected chi connectivity index (χ4v) is 2.40. The largest absolute Gasteiger partial charge is 0.495 e. The zero-order valence-electron chi connectivity index (χ0n) is 12.5. The lowest BCUT2D eigenvalue weighted by Gasteiger charge is -2.06. The molecule has 1 heterocycles. The molecule has 3 aromatic rings. The van der Waals surface area contributed by atoms with E-state index in [9.17, 15) is 18.7 Å². The molecule has 0 aliphatic heterocycles. The summed E-state index contributed by atoms with van der Waals surface area (Å²) in [4.78, 5) is 11.3. The van der Waals surface area contributed by atoms with Gasteiger partial charge in [0, 0.05) is 0 Å². The molecule has 0 aliphatic carbocycles. The quantitative estimate of drug-likeness (QED) is 0.764. The Morgan fingerprint density at radius 1 is 1.21 bits per heavy atom. The number of rotatable bonds is 4. The molecule has 2 N–H and O–H groups in total. The standard InChI is InChI=1S/C17H12F2N2O3/c1-24-16-10(17(22)23)4-7-14-15(16)13(20-21-14)6-3-9-2-5-11(18)12(19)8-9/h2-8H,1H3,(H,20,21)(H,22,23). The van der Waals surface area contributed by atoms with Crippen LogP contribution in [0.25, 0.3) is 23.1 Å². The maximum Gasteiger partial charge on any atom is 0.339 e.